The lowest BCUT2D eigenvalue weighted by Gasteiger charge is -2.34. The number of nitrogens with zero attached hydrogens (tertiary/aromatic N) is 2. The summed E-state index contributed by atoms with van der Waals surface area (Å²) < 4.78 is 39.8. The van der Waals surface area contributed by atoms with Gasteiger partial charge in [0.15, 0.2) is 0 Å². The number of piperidine rings is 1. The van der Waals surface area contributed by atoms with E-state index in [-0.39, 0.29) is 25.0 Å². The number of halogens is 1. The highest BCUT2D eigenvalue weighted by Gasteiger charge is 2.34. The van der Waals surface area contributed by atoms with Crippen molar-refractivity contribution in [2.75, 3.05) is 13.1 Å². The monoisotopic (exact) mass is 317 g/mol. The van der Waals surface area contributed by atoms with Crippen LogP contribution in [0.5, 0.6) is 0 Å². The molecular weight excluding hydrogens is 301 g/mol. The van der Waals surface area contributed by atoms with E-state index in [0.717, 1.165) is 22.5 Å². The first-order valence-electron chi connectivity index (χ1n) is 6.43. The van der Waals surface area contributed by atoms with Crippen molar-refractivity contribution in [1.29, 1.82) is 0 Å². The number of nitro groups is 1. The SMILES string of the molecule is CC1CN(S(=O)(=O)c2cc([N+](=O)[O-])ccc2F)CCC1N. The van der Waals surface area contributed by atoms with Gasteiger partial charge in [0.05, 0.1) is 4.92 Å². The average Bonchev–Trinajstić information content (AvgIpc) is 2.41. The lowest BCUT2D eigenvalue weighted by molar-refractivity contribution is -0.385. The van der Waals surface area contributed by atoms with Gasteiger partial charge in [-0.05, 0) is 18.4 Å². The van der Waals surface area contributed by atoms with Crippen molar-refractivity contribution in [3.63, 3.8) is 0 Å². The second-order valence-corrected chi connectivity index (χ2v) is 7.07. The van der Waals surface area contributed by atoms with Gasteiger partial charge < -0.3 is 5.73 Å². The van der Waals surface area contributed by atoms with Crippen LogP contribution < -0.4 is 5.73 Å². The van der Waals surface area contributed by atoms with E-state index in [1.54, 1.807) is 0 Å². The van der Waals surface area contributed by atoms with E-state index < -0.39 is 31.3 Å². The first kappa shape index (κ1) is 15.8. The van der Waals surface area contributed by atoms with Gasteiger partial charge in [-0.2, -0.15) is 4.31 Å². The largest absolute Gasteiger partial charge is 0.327 e. The fourth-order valence-electron chi connectivity index (χ4n) is 2.29. The number of hydrogen-bond donors (Lipinski definition) is 1. The van der Waals surface area contributed by atoms with Gasteiger partial charge in [-0.25, -0.2) is 12.8 Å². The predicted octanol–water partition coefficient (Wildman–Crippen LogP) is 1.09. The molecule has 21 heavy (non-hydrogen) atoms. The van der Waals surface area contributed by atoms with E-state index >= 15 is 0 Å². The Morgan fingerprint density at radius 3 is 2.71 bits per heavy atom. The second-order valence-electron chi connectivity index (χ2n) is 5.16. The molecule has 1 aliphatic rings. The van der Waals surface area contributed by atoms with Gasteiger partial charge in [0.25, 0.3) is 5.69 Å². The van der Waals surface area contributed by atoms with Crippen LogP contribution in [-0.4, -0.2) is 36.8 Å². The molecule has 0 spiro atoms. The van der Waals surface area contributed by atoms with Gasteiger partial charge >= 0.3 is 0 Å². The van der Waals surface area contributed by atoms with Crippen LogP contribution in [0.25, 0.3) is 0 Å². The molecule has 0 aliphatic carbocycles. The quantitative estimate of drug-likeness (QED) is 0.663. The number of sulfonamides is 1. The lowest BCUT2D eigenvalue weighted by atomic mass is 9.96. The first-order chi connectivity index (χ1) is 9.73. The van der Waals surface area contributed by atoms with Crippen LogP contribution in [-0.2, 0) is 10.0 Å². The van der Waals surface area contributed by atoms with Crippen molar-refractivity contribution in [3.05, 3.63) is 34.1 Å². The van der Waals surface area contributed by atoms with Gasteiger partial charge in [0.1, 0.15) is 10.7 Å². The van der Waals surface area contributed by atoms with Gasteiger partial charge in [-0.1, -0.05) is 6.92 Å². The highest BCUT2D eigenvalue weighted by Crippen LogP contribution is 2.27. The fraction of sp³-hybridized carbons (Fsp3) is 0.500. The van der Waals surface area contributed by atoms with E-state index in [9.17, 15) is 22.9 Å². The van der Waals surface area contributed by atoms with Crippen molar-refractivity contribution < 1.29 is 17.7 Å². The number of nitro benzene ring substituents is 1. The number of rotatable bonds is 3. The van der Waals surface area contributed by atoms with E-state index in [2.05, 4.69) is 0 Å². The lowest BCUT2D eigenvalue weighted by Crippen LogP contribution is -2.48. The molecule has 2 atom stereocenters. The molecule has 1 fully saturated rings. The summed E-state index contributed by atoms with van der Waals surface area (Å²) >= 11 is 0. The number of nitrogens with two attached hydrogens (primary N) is 1. The van der Waals surface area contributed by atoms with Gasteiger partial charge in [0.2, 0.25) is 10.0 Å². The van der Waals surface area contributed by atoms with Crippen LogP contribution in [0.2, 0.25) is 0 Å². The zero-order valence-corrected chi connectivity index (χ0v) is 12.2. The molecule has 2 rings (SSSR count). The molecule has 116 valence electrons. The molecule has 1 aromatic carbocycles. The molecule has 1 aliphatic heterocycles. The molecule has 1 aromatic rings. The summed E-state index contributed by atoms with van der Waals surface area (Å²) in [5.74, 6) is -1.06. The smallest absolute Gasteiger partial charge is 0.270 e. The number of non-ortho nitro benzene ring substituents is 1. The Labute approximate surface area is 121 Å². The topological polar surface area (TPSA) is 107 Å². The normalized spacial score (nSPS) is 24.0. The summed E-state index contributed by atoms with van der Waals surface area (Å²) in [5.41, 5.74) is 5.37. The molecule has 0 bridgehead atoms. The molecule has 2 unspecified atom stereocenters. The van der Waals surface area contributed by atoms with Crippen molar-refractivity contribution in [3.8, 4) is 0 Å². The first-order valence-corrected chi connectivity index (χ1v) is 7.87. The Morgan fingerprint density at radius 2 is 2.14 bits per heavy atom. The Morgan fingerprint density at radius 1 is 1.48 bits per heavy atom. The Hall–Kier alpha value is -1.58. The molecule has 0 aromatic heterocycles. The predicted molar refractivity (Wildman–Crippen MR) is 73.6 cm³/mol. The third-order valence-electron chi connectivity index (χ3n) is 3.68. The summed E-state index contributed by atoms with van der Waals surface area (Å²) in [4.78, 5) is 9.30. The van der Waals surface area contributed by atoms with Crippen molar-refractivity contribution in [2.45, 2.75) is 24.3 Å². The van der Waals surface area contributed by atoms with E-state index in [1.165, 1.54) is 0 Å². The summed E-state index contributed by atoms with van der Waals surface area (Å²) in [6, 6.07) is 2.38. The van der Waals surface area contributed by atoms with Gasteiger partial charge in [0, 0.05) is 31.3 Å². The maximum atomic E-state index is 13.8. The van der Waals surface area contributed by atoms with Crippen LogP contribution in [0.1, 0.15) is 13.3 Å². The van der Waals surface area contributed by atoms with Crippen LogP contribution in [0.15, 0.2) is 23.1 Å². The van der Waals surface area contributed by atoms with Crippen LogP contribution in [0.3, 0.4) is 0 Å². The van der Waals surface area contributed by atoms with Gasteiger partial charge in [-0.15, -0.1) is 0 Å². The second kappa shape index (κ2) is 5.66. The third kappa shape index (κ3) is 3.04. The summed E-state index contributed by atoms with van der Waals surface area (Å²) in [7, 11) is -4.11. The minimum Gasteiger partial charge on any atom is -0.327 e. The highest BCUT2D eigenvalue weighted by molar-refractivity contribution is 7.89. The number of benzene rings is 1. The fourth-order valence-corrected chi connectivity index (χ4v) is 3.93. The zero-order chi connectivity index (χ0) is 15.8. The number of hydrogen-bond acceptors (Lipinski definition) is 5. The van der Waals surface area contributed by atoms with Crippen molar-refractivity contribution >= 4 is 15.7 Å². The maximum absolute atomic E-state index is 13.8. The van der Waals surface area contributed by atoms with Crippen molar-refractivity contribution in [1.82, 2.24) is 4.31 Å². The minimum atomic E-state index is -4.11. The van der Waals surface area contributed by atoms with Crippen LogP contribution in [0.4, 0.5) is 10.1 Å². The van der Waals surface area contributed by atoms with E-state index in [0.29, 0.717) is 6.42 Å². The van der Waals surface area contributed by atoms with Crippen LogP contribution in [0, 0.1) is 21.8 Å². The molecule has 1 heterocycles. The van der Waals surface area contributed by atoms with E-state index in [4.69, 9.17) is 5.73 Å². The Bertz CT molecular complexity index is 664. The Balaban J connectivity index is 2.40. The molecular formula is C12H16FN3O4S. The molecule has 2 N–H and O–H groups in total. The van der Waals surface area contributed by atoms with E-state index in [1.807, 2.05) is 6.92 Å². The maximum Gasteiger partial charge on any atom is 0.270 e. The zero-order valence-electron chi connectivity index (χ0n) is 11.4. The summed E-state index contributed by atoms with van der Waals surface area (Å²) in [6.45, 7) is 2.16. The standard InChI is InChI=1S/C12H16FN3O4S/c1-8-7-15(5-4-11(8)14)21(19,20)12-6-9(16(17)18)2-3-10(12)13/h2-3,6,8,11H,4-5,7,14H2,1H3. The molecule has 1 saturated heterocycles. The highest BCUT2D eigenvalue weighted by atomic mass is 32.2. The summed E-state index contributed by atoms with van der Waals surface area (Å²) in [6.07, 6.45) is 0.469. The molecule has 0 saturated carbocycles. The average molecular weight is 317 g/mol. The van der Waals surface area contributed by atoms with Crippen LogP contribution >= 0.6 is 0 Å². The Kier molecular flexibility index (Phi) is 4.26. The molecule has 7 nitrogen and oxygen atoms in total. The molecule has 0 radical (unpaired) electrons. The minimum absolute atomic E-state index is 0.0599. The summed E-state index contributed by atoms with van der Waals surface area (Å²) in [5, 5.41) is 10.7. The van der Waals surface area contributed by atoms with Gasteiger partial charge in [-0.3, -0.25) is 10.1 Å². The van der Waals surface area contributed by atoms with Crippen molar-refractivity contribution in [2.24, 2.45) is 11.7 Å². The third-order valence-corrected chi connectivity index (χ3v) is 5.56. The molecule has 0 amide bonds. The molecule has 9 heteroatoms.